The Morgan fingerprint density at radius 1 is 1.50 bits per heavy atom. The fourth-order valence-electron chi connectivity index (χ4n) is 1.96. The van der Waals surface area contributed by atoms with E-state index in [4.69, 9.17) is 5.73 Å². The van der Waals surface area contributed by atoms with E-state index in [9.17, 15) is 0 Å². The second kappa shape index (κ2) is 4.70. The van der Waals surface area contributed by atoms with Crippen molar-refractivity contribution in [3.63, 3.8) is 0 Å². The summed E-state index contributed by atoms with van der Waals surface area (Å²) < 4.78 is 4.02. The van der Waals surface area contributed by atoms with E-state index in [-0.39, 0.29) is 0 Å². The minimum Gasteiger partial charge on any atom is -0.347 e. The first-order chi connectivity index (χ1) is 6.90. The quantitative estimate of drug-likeness (QED) is 0.815. The summed E-state index contributed by atoms with van der Waals surface area (Å²) in [7, 11) is 0. The largest absolute Gasteiger partial charge is 0.347 e. The van der Waals surface area contributed by atoms with Crippen molar-refractivity contribution in [2.75, 3.05) is 24.5 Å². The molecule has 0 saturated carbocycles. The number of nitrogens with two attached hydrogens (primary N) is 1. The molecule has 4 nitrogen and oxygen atoms in total. The molecule has 0 atom stereocenters. The Balaban J connectivity index is 1.84. The van der Waals surface area contributed by atoms with Gasteiger partial charge in [0.15, 0.2) is 0 Å². The van der Waals surface area contributed by atoms with Gasteiger partial charge in [0.05, 0.1) is 0 Å². The summed E-state index contributed by atoms with van der Waals surface area (Å²) >= 11 is 1.48. The lowest BCUT2D eigenvalue weighted by Crippen LogP contribution is -2.34. The summed E-state index contributed by atoms with van der Waals surface area (Å²) in [6, 6.07) is 0. The molecule has 5 heteroatoms. The van der Waals surface area contributed by atoms with Gasteiger partial charge in [-0.1, -0.05) is 0 Å². The van der Waals surface area contributed by atoms with E-state index >= 15 is 0 Å². The molecule has 0 aliphatic carbocycles. The zero-order chi connectivity index (χ0) is 9.80. The van der Waals surface area contributed by atoms with E-state index in [1.54, 1.807) is 6.33 Å². The van der Waals surface area contributed by atoms with Crippen LogP contribution in [0.25, 0.3) is 0 Å². The fourth-order valence-corrected chi connectivity index (χ4v) is 2.54. The lowest BCUT2D eigenvalue weighted by molar-refractivity contribution is 0.386. The van der Waals surface area contributed by atoms with Crippen molar-refractivity contribution < 1.29 is 0 Å². The molecule has 2 rings (SSSR count). The van der Waals surface area contributed by atoms with Gasteiger partial charge in [0.25, 0.3) is 0 Å². The highest BCUT2D eigenvalue weighted by atomic mass is 32.1. The number of aromatic nitrogens is 2. The van der Waals surface area contributed by atoms with Gasteiger partial charge >= 0.3 is 0 Å². The number of nitrogens with zero attached hydrogens (tertiary/aromatic N) is 3. The van der Waals surface area contributed by atoms with E-state index in [0.29, 0.717) is 0 Å². The number of hydrogen-bond donors (Lipinski definition) is 1. The van der Waals surface area contributed by atoms with Crippen molar-refractivity contribution >= 4 is 16.7 Å². The van der Waals surface area contributed by atoms with Crippen LogP contribution in [0.15, 0.2) is 6.33 Å². The van der Waals surface area contributed by atoms with Crippen LogP contribution in [0, 0.1) is 5.92 Å². The van der Waals surface area contributed by atoms with Crippen molar-refractivity contribution in [2.45, 2.75) is 19.3 Å². The van der Waals surface area contributed by atoms with Crippen LogP contribution in [-0.4, -0.2) is 29.0 Å². The van der Waals surface area contributed by atoms with E-state index in [2.05, 4.69) is 14.3 Å². The molecule has 0 bridgehead atoms. The SMILES string of the molecule is NCCC1CCN(c2ncns2)CC1. The number of hydrogen-bond acceptors (Lipinski definition) is 5. The summed E-state index contributed by atoms with van der Waals surface area (Å²) in [5.74, 6) is 0.823. The average molecular weight is 212 g/mol. The summed E-state index contributed by atoms with van der Waals surface area (Å²) in [4.78, 5) is 6.54. The molecule has 0 amide bonds. The Bertz CT molecular complexity index is 254. The van der Waals surface area contributed by atoms with Gasteiger partial charge in [-0.15, -0.1) is 0 Å². The van der Waals surface area contributed by atoms with Gasteiger partial charge in [0, 0.05) is 24.6 Å². The van der Waals surface area contributed by atoms with Gasteiger partial charge in [-0.3, -0.25) is 0 Å². The van der Waals surface area contributed by atoms with Crippen molar-refractivity contribution in [1.82, 2.24) is 9.36 Å². The topological polar surface area (TPSA) is 55.0 Å². The molecule has 1 saturated heterocycles. The summed E-state index contributed by atoms with van der Waals surface area (Å²) in [5, 5.41) is 1.07. The third kappa shape index (κ3) is 2.22. The second-order valence-corrected chi connectivity index (χ2v) is 4.49. The highest BCUT2D eigenvalue weighted by Crippen LogP contribution is 2.24. The number of piperidine rings is 1. The first-order valence-corrected chi connectivity index (χ1v) is 5.89. The molecule has 0 radical (unpaired) electrons. The molecule has 0 aromatic carbocycles. The van der Waals surface area contributed by atoms with Crippen LogP contribution in [0.3, 0.4) is 0 Å². The van der Waals surface area contributed by atoms with Crippen LogP contribution in [0.5, 0.6) is 0 Å². The zero-order valence-electron chi connectivity index (χ0n) is 8.22. The Kier molecular flexibility index (Phi) is 3.31. The predicted molar refractivity (Wildman–Crippen MR) is 58.5 cm³/mol. The van der Waals surface area contributed by atoms with E-state index in [1.165, 1.54) is 30.8 Å². The second-order valence-electron chi connectivity index (χ2n) is 3.73. The van der Waals surface area contributed by atoms with Crippen LogP contribution in [0.1, 0.15) is 19.3 Å². The predicted octanol–water partition coefficient (Wildman–Crippen LogP) is 1.10. The van der Waals surface area contributed by atoms with Crippen LogP contribution in [-0.2, 0) is 0 Å². The first kappa shape index (κ1) is 9.86. The smallest absolute Gasteiger partial charge is 0.204 e. The van der Waals surface area contributed by atoms with Crippen LogP contribution < -0.4 is 10.6 Å². The molecule has 0 unspecified atom stereocenters. The van der Waals surface area contributed by atoms with Gasteiger partial charge in [-0.05, 0) is 31.7 Å². The molecule has 1 aromatic rings. The molecule has 2 N–H and O–H groups in total. The van der Waals surface area contributed by atoms with E-state index < -0.39 is 0 Å². The lowest BCUT2D eigenvalue weighted by Gasteiger charge is -2.31. The van der Waals surface area contributed by atoms with Gasteiger partial charge < -0.3 is 10.6 Å². The first-order valence-electron chi connectivity index (χ1n) is 5.12. The Labute approximate surface area is 88.3 Å². The molecule has 0 spiro atoms. The molecule has 78 valence electrons. The van der Waals surface area contributed by atoms with Crippen LogP contribution in [0.4, 0.5) is 5.13 Å². The van der Waals surface area contributed by atoms with E-state index in [1.807, 2.05) is 0 Å². The minimum absolute atomic E-state index is 0.823. The molecule has 14 heavy (non-hydrogen) atoms. The third-order valence-electron chi connectivity index (χ3n) is 2.81. The maximum atomic E-state index is 5.55. The van der Waals surface area contributed by atoms with Crippen molar-refractivity contribution in [1.29, 1.82) is 0 Å². The van der Waals surface area contributed by atoms with Crippen molar-refractivity contribution in [2.24, 2.45) is 11.7 Å². The molecule has 1 aliphatic rings. The van der Waals surface area contributed by atoms with E-state index in [0.717, 1.165) is 30.7 Å². The summed E-state index contributed by atoms with van der Waals surface area (Å²) in [6.45, 7) is 3.04. The van der Waals surface area contributed by atoms with Gasteiger partial charge in [0.1, 0.15) is 6.33 Å². The van der Waals surface area contributed by atoms with Gasteiger partial charge in [-0.2, -0.15) is 4.37 Å². The third-order valence-corrected chi connectivity index (χ3v) is 3.54. The summed E-state index contributed by atoms with van der Waals surface area (Å²) in [5.41, 5.74) is 5.55. The molecule has 2 heterocycles. The Hall–Kier alpha value is -0.680. The fraction of sp³-hybridized carbons (Fsp3) is 0.778. The van der Waals surface area contributed by atoms with Gasteiger partial charge in [-0.25, -0.2) is 4.98 Å². The molecule has 1 aliphatic heterocycles. The molecule has 1 aromatic heterocycles. The Morgan fingerprint density at radius 2 is 2.29 bits per heavy atom. The Morgan fingerprint density at radius 3 is 2.86 bits per heavy atom. The molecular formula is C9H16N4S. The normalized spacial score (nSPS) is 18.8. The molecule has 1 fully saturated rings. The average Bonchev–Trinajstić information content (AvgIpc) is 2.72. The lowest BCUT2D eigenvalue weighted by atomic mass is 9.94. The number of rotatable bonds is 3. The van der Waals surface area contributed by atoms with Crippen LogP contribution >= 0.6 is 11.5 Å². The zero-order valence-corrected chi connectivity index (χ0v) is 9.04. The molecular weight excluding hydrogens is 196 g/mol. The number of anilines is 1. The van der Waals surface area contributed by atoms with Crippen LogP contribution in [0.2, 0.25) is 0 Å². The standard InChI is InChI=1S/C9H16N4S/c10-4-1-8-2-5-13(6-3-8)9-11-7-12-14-9/h7-8H,1-6,10H2. The minimum atomic E-state index is 0.823. The maximum Gasteiger partial charge on any atom is 0.204 e. The highest BCUT2D eigenvalue weighted by Gasteiger charge is 2.20. The van der Waals surface area contributed by atoms with Crippen molar-refractivity contribution in [3.05, 3.63) is 6.33 Å². The van der Waals surface area contributed by atoms with Crippen molar-refractivity contribution in [3.8, 4) is 0 Å². The monoisotopic (exact) mass is 212 g/mol. The maximum absolute atomic E-state index is 5.55. The summed E-state index contributed by atoms with van der Waals surface area (Å²) in [6.07, 6.45) is 5.30. The van der Waals surface area contributed by atoms with Gasteiger partial charge in [0.2, 0.25) is 5.13 Å². The highest BCUT2D eigenvalue weighted by molar-refractivity contribution is 7.09.